The molecule has 7 nitrogen and oxygen atoms in total. The summed E-state index contributed by atoms with van der Waals surface area (Å²) < 4.78 is 0. The molecule has 0 spiro atoms. The molecule has 2 heterocycles. The van der Waals surface area contributed by atoms with Crippen molar-refractivity contribution in [3.63, 3.8) is 0 Å². The number of guanidine groups is 1. The molecule has 2 aromatic carbocycles. The highest BCUT2D eigenvalue weighted by molar-refractivity contribution is 14.0. The molecule has 34 heavy (non-hydrogen) atoms. The molecule has 8 heteroatoms. The fraction of sp³-hybridized carbons (Fsp3) is 0.462. The first-order valence-electron chi connectivity index (χ1n) is 12.2. The molecule has 0 radical (unpaired) electrons. The Kier molecular flexibility index (Phi) is 10.3. The monoisotopic (exact) mass is 576 g/mol. The van der Waals surface area contributed by atoms with Gasteiger partial charge in [-0.05, 0) is 37.6 Å². The number of carbonyl (C=O) groups is 1. The van der Waals surface area contributed by atoms with E-state index in [9.17, 15) is 4.79 Å². The van der Waals surface area contributed by atoms with Gasteiger partial charge in [-0.1, -0.05) is 36.4 Å². The molecular weight excluding hydrogens is 539 g/mol. The Labute approximate surface area is 220 Å². The van der Waals surface area contributed by atoms with Gasteiger partial charge < -0.3 is 25.3 Å². The first kappa shape index (κ1) is 26.1. The van der Waals surface area contributed by atoms with Crippen LogP contribution in [0.1, 0.15) is 19.8 Å². The van der Waals surface area contributed by atoms with E-state index in [-0.39, 0.29) is 29.9 Å². The van der Waals surface area contributed by atoms with Crippen molar-refractivity contribution in [3.05, 3.63) is 60.7 Å². The zero-order valence-electron chi connectivity index (χ0n) is 20.0. The average molecular weight is 577 g/mol. The van der Waals surface area contributed by atoms with Gasteiger partial charge in [0.25, 0.3) is 0 Å². The second kappa shape index (κ2) is 13.4. The van der Waals surface area contributed by atoms with Crippen LogP contribution in [0, 0.1) is 0 Å². The fourth-order valence-electron chi connectivity index (χ4n) is 4.54. The molecule has 184 valence electrons. The minimum absolute atomic E-state index is 0. The van der Waals surface area contributed by atoms with Gasteiger partial charge in [-0.3, -0.25) is 9.79 Å². The number of hydrogen-bond donors (Lipinski definition) is 2. The minimum Gasteiger partial charge on any atom is -0.369 e. The number of rotatable bonds is 7. The van der Waals surface area contributed by atoms with Crippen LogP contribution in [0.5, 0.6) is 0 Å². The molecule has 0 aromatic heterocycles. The van der Waals surface area contributed by atoms with Gasteiger partial charge >= 0.3 is 0 Å². The van der Waals surface area contributed by atoms with Gasteiger partial charge in [-0.15, -0.1) is 24.0 Å². The number of halogens is 1. The van der Waals surface area contributed by atoms with Crippen molar-refractivity contribution in [2.24, 2.45) is 4.99 Å². The topological polar surface area (TPSA) is 63.2 Å². The van der Waals surface area contributed by atoms with E-state index in [1.807, 2.05) is 11.0 Å². The molecule has 2 N–H and O–H groups in total. The number of carbonyl (C=O) groups excluding carboxylic acids is 1. The lowest BCUT2D eigenvalue weighted by Gasteiger charge is -2.36. The number of hydrogen-bond acceptors (Lipinski definition) is 4. The highest BCUT2D eigenvalue weighted by atomic mass is 127. The molecule has 0 aliphatic carbocycles. The smallest absolute Gasteiger partial charge is 0.224 e. The predicted octanol–water partition coefficient (Wildman–Crippen LogP) is 3.18. The fourth-order valence-corrected chi connectivity index (χ4v) is 4.54. The zero-order chi connectivity index (χ0) is 22.9. The van der Waals surface area contributed by atoms with Gasteiger partial charge in [-0.2, -0.15) is 0 Å². The summed E-state index contributed by atoms with van der Waals surface area (Å²) in [5.41, 5.74) is 2.50. The largest absolute Gasteiger partial charge is 0.369 e. The van der Waals surface area contributed by atoms with Crippen molar-refractivity contribution in [1.29, 1.82) is 0 Å². The van der Waals surface area contributed by atoms with Crippen LogP contribution in [-0.4, -0.2) is 75.2 Å². The van der Waals surface area contributed by atoms with E-state index in [1.54, 1.807) is 0 Å². The van der Waals surface area contributed by atoms with Crippen LogP contribution in [0.2, 0.25) is 0 Å². The van der Waals surface area contributed by atoms with Crippen molar-refractivity contribution in [3.8, 4) is 0 Å². The van der Waals surface area contributed by atoms with Gasteiger partial charge in [-0.25, -0.2) is 0 Å². The van der Waals surface area contributed by atoms with Crippen molar-refractivity contribution in [1.82, 2.24) is 15.5 Å². The van der Waals surface area contributed by atoms with Gasteiger partial charge in [0.05, 0.1) is 6.54 Å². The summed E-state index contributed by atoms with van der Waals surface area (Å²) in [4.78, 5) is 24.1. The first-order valence-corrected chi connectivity index (χ1v) is 12.2. The van der Waals surface area contributed by atoms with E-state index < -0.39 is 0 Å². The van der Waals surface area contributed by atoms with Crippen molar-refractivity contribution < 1.29 is 4.79 Å². The molecule has 1 atom stereocenters. The molecule has 2 aliphatic rings. The molecule has 1 unspecified atom stereocenters. The van der Waals surface area contributed by atoms with Gasteiger partial charge in [0, 0.05) is 69.7 Å². The number of amides is 1. The number of para-hydroxylation sites is 2. The Hall–Kier alpha value is -2.49. The molecule has 2 saturated heterocycles. The van der Waals surface area contributed by atoms with E-state index in [0.717, 1.165) is 58.2 Å². The molecule has 2 aliphatic heterocycles. The van der Waals surface area contributed by atoms with E-state index in [4.69, 9.17) is 4.99 Å². The van der Waals surface area contributed by atoms with Crippen molar-refractivity contribution in [2.45, 2.75) is 25.8 Å². The Morgan fingerprint density at radius 1 is 0.912 bits per heavy atom. The Morgan fingerprint density at radius 2 is 1.53 bits per heavy atom. The summed E-state index contributed by atoms with van der Waals surface area (Å²) in [6.45, 7) is 8.66. The van der Waals surface area contributed by atoms with Crippen molar-refractivity contribution in [2.75, 3.05) is 62.2 Å². The summed E-state index contributed by atoms with van der Waals surface area (Å²) in [6, 6.07) is 21.3. The highest BCUT2D eigenvalue weighted by Gasteiger charge is 2.24. The second-order valence-corrected chi connectivity index (χ2v) is 8.63. The Bertz CT molecular complexity index is 902. The second-order valence-electron chi connectivity index (χ2n) is 8.63. The normalized spacial score (nSPS) is 18.4. The maximum atomic E-state index is 12.7. The molecule has 2 fully saturated rings. The molecule has 4 rings (SSSR count). The predicted molar refractivity (Wildman–Crippen MR) is 151 cm³/mol. The van der Waals surface area contributed by atoms with Gasteiger partial charge in [0.2, 0.25) is 5.91 Å². The van der Waals surface area contributed by atoms with Gasteiger partial charge in [0.15, 0.2) is 5.96 Å². The quantitative estimate of drug-likeness (QED) is 0.302. The average Bonchev–Trinajstić information content (AvgIpc) is 3.34. The van der Waals surface area contributed by atoms with Crippen LogP contribution in [0.25, 0.3) is 0 Å². The van der Waals surface area contributed by atoms with Gasteiger partial charge in [0.1, 0.15) is 0 Å². The minimum atomic E-state index is 0. The third kappa shape index (κ3) is 7.25. The van der Waals surface area contributed by atoms with E-state index in [1.165, 1.54) is 11.4 Å². The number of aliphatic imine (C=N–C) groups is 1. The maximum Gasteiger partial charge on any atom is 0.224 e. The van der Waals surface area contributed by atoms with Crippen LogP contribution >= 0.6 is 24.0 Å². The molecule has 2 aromatic rings. The highest BCUT2D eigenvalue weighted by Crippen LogP contribution is 2.19. The number of anilines is 2. The number of nitrogens with zero attached hydrogens (tertiary/aromatic N) is 4. The van der Waals surface area contributed by atoms with Crippen LogP contribution in [0.3, 0.4) is 0 Å². The Balaban J connectivity index is 0.00000324. The Morgan fingerprint density at radius 3 is 2.15 bits per heavy atom. The number of piperazine rings is 1. The maximum absolute atomic E-state index is 12.7. The molecule has 0 bridgehead atoms. The SMILES string of the molecule is CCNC(=NCCC(=O)N1CCN(c2ccccc2)CC1)NC1CCN(c2ccccc2)C1.I. The molecular formula is C26H37IN6O. The zero-order valence-corrected chi connectivity index (χ0v) is 22.4. The van der Waals surface area contributed by atoms with Crippen LogP contribution in [-0.2, 0) is 4.79 Å². The lowest BCUT2D eigenvalue weighted by atomic mass is 10.2. The first-order chi connectivity index (χ1) is 16.2. The van der Waals surface area contributed by atoms with Crippen LogP contribution in [0.4, 0.5) is 11.4 Å². The number of nitrogens with one attached hydrogen (secondary N) is 2. The number of benzene rings is 2. The van der Waals surface area contributed by atoms with E-state index in [0.29, 0.717) is 19.0 Å². The lowest BCUT2D eigenvalue weighted by molar-refractivity contribution is -0.131. The third-order valence-corrected chi connectivity index (χ3v) is 6.34. The summed E-state index contributed by atoms with van der Waals surface area (Å²) in [5.74, 6) is 0.998. The molecule has 1 amide bonds. The van der Waals surface area contributed by atoms with E-state index in [2.05, 4.69) is 82.0 Å². The summed E-state index contributed by atoms with van der Waals surface area (Å²) >= 11 is 0. The summed E-state index contributed by atoms with van der Waals surface area (Å²) in [6.07, 6.45) is 1.52. The standard InChI is InChI=1S/C26H36N6O.HI/c1-2-27-26(29-22-14-16-32(21-22)24-11-7-4-8-12-24)28-15-13-25(33)31-19-17-30(18-20-31)23-9-5-3-6-10-23;/h3-12,22H,2,13-21H2,1H3,(H2,27,28,29);1H. The summed E-state index contributed by atoms with van der Waals surface area (Å²) in [5, 5.41) is 6.89. The lowest BCUT2D eigenvalue weighted by Crippen LogP contribution is -2.49. The summed E-state index contributed by atoms with van der Waals surface area (Å²) in [7, 11) is 0. The third-order valence-electron chi connectivity index (χ3n) is 6.34. The van der Waals surface area contributed by atoms with Crippen LogP contribution in [0.15, 0.2) is 65.7 Å². The molecule has 0 saturated carbocycles. The van der Waals surface area contributed by atoms with Crippen LogP contribution < -0.4 is 20.4 Å². The van der Waals surface area contributed by atoms with Crippen molar-refractivity contribution >= 4 is 47.2 Å². The van der Waals surface area contributed by atoms with E-state index >= 15 is 0 Å².